The van der Waals surface area contributed by atoms with Crippen LogP contribution in [0.2, 0.25) is 0 Å². The second-order valence-corrected chi connectivity index (χ2v) is 14.3. The number of unbranched alkanes of at least 4 members (excludes halogenated alkanes) is 5. The Hall–Kier alpha value is 1.14. The van der Waals surface area contributed by atoms with Crippen molar-refractivity contribution in [2.75, 3.05) is 46.2 Å². The molecule has 0 saturated carbocycles. The van der Waals surface area contributed by atoms with Gasteiger partial charge in [-0.05, 0) is 32.1 Å². The fourth-order valence-corrected chi connectivity index (χ4v) is 6.70. The summed E-state index contributed by atoms with van der Waals surface area (Å²) in [7, 11) is 0. The number of hydrogen-bond acceptors (Lipinski definition) is 8. The molecule has 0 amide bonds. The minimum Gasteiger partial charge on any atom is -0.379 e. The van der Waals surface area contributed by atoms with Gasteiger partial charge in [-0.1, -0.05) is 112 Å². The smallest absolute Gasteiger partial charge is 0.175 e. The second-order valence-electron chi connectivity index (χ2n) is 11.4. The van der Waals surface area contributed by atoms with Gasteiger partial charge in [0.05, 0.1) is 33.3 Å². The number of halogens is 2. The van der Waals surface area contributed by atoms with E-state index >= 15 is 0 Å². The largest absolute Gasteiger partial charge is 0.379 e. The van der Waals surface area contributed by atoms with Crippen molar-refractivity contribution in [3.05, 3.63) is 0 Å². The molecule has 0 aromatic heterocycles. The summed E-state index contributed by atoms with van der Waals surface area (Å²) in [5, 5.41) is 0. The second kappa shape index (κ2) is 24.3. The minimum atomic E-state index is -0.527. The first-order chi connectivity index (χ1) is 20.5. The van der Waals surface area contributed by atoms with Crippen LogP contribution in [-0.2, 0) is 37.9 Å². The van der Waals surface area contributed by atoms with Gasteiger partial charge in [0.25, 0.3) is 0 Å². The van der Waals surface area contributed by atoms with Gasteiger partial charge in [0.1, 0.15) is 18.3 Å². The van der Waals surface area contributed by atoms with Crippen LogP contribution in [0, 0.1) is 0 Å². The number of rotatable bonds is 24. The molecule has 9 atom stereocenters. The van der Waals surface area contributed by atoms with E-state index in [1.54, 1.807) is 0 Å². The lowest BCUT2D eigenvalue weighted by Gasteiger charge is -2.47. The third-order valence-electron chi connectivity index (χ3n) is 7.59. The summed E-state index contributed by atoms with van der Waals surface area (Å²) in [5.41, 5.74) is 0. The van der Waals surface area contributed by atoms with Gasteiger partial charge < -0.3 is 37.9 Å². The lowest BCUT2D eigenvalue weighted by Crippen LogP contribution is -2.61. The molecule has 42 heavy (non-hydrogen) atoms. The third-order valence-corrected chi connectivity index (χ3v) is 10.3. The Balaban J connectivity index is 2.21. The number of ether oxygens (including phenoxy) is 8. The van der Waals surface area contributed by atoms with Crippen LogP contribution in [0.4, 0.5) is 0 Å². The summed E-state index contributed by atoms with van der Waals surface area (Å²) in [6, 6.07) is 0. The van der Waals surface area contributed by atoms with E-state index in [4.69, 9.17) is 37.9 Å². The highest BCUT2D eigenvalue weighted by Crippen LogP contribution is 2.36. The molecular formula is C32H60I2O8. The summed E-state index contributed by atoms with van der Waals surface area (Å²) in [5.74, 6) is 0. The van der Waals surface area contributed by atoms with E-state index in [1.807, 2.05) is 0 Å². The molecule has 6 unspecified atom stereocenters. The monoisotopic (exact) mass is 826 g/mol. The molecule has 0 radical (unpaired) electrons. The Morgan fingerprint density at radius 2 is 1.07 bits per heavy atom. The fraction of sp³-hybridized carbons (Fsp3) is 1.00. The molecule has 0 N–H and O–H groups in total. The van der Waals surface area contributed by atoms with Crippen LogP contribution in [0.25, 0.3) is 0 Å². The van der Waals surface area contributed by atoms with Crippen molar-refractivity contribution in [3.63, 3.8) is 0 Å². The maximum Gasteiger partial charge on any atom is 0.175 e. The summed E-state index contributed by atoms with van der Waals surface area (Å²) in [6.45, 7) is 15.4. The molecule has 0 aliphatic carbocycles. The van der Waals surface area contributed by atoms with Crippen LogP contribution >= 0.6 is 45.2 Å². The number of alkyl halides is 2. The molecule has 8 nitrogen and oxygen atoms in total. The van der Waals surface area contributed by atoms with Crippen molar-refractivity contribution >= 4 is 45.2 Å². The van der Waals surface area contributed by atoms with Crippen LogP contribution in [0.1, 0.15) is 105 Å². The van der Waals surface area contributed by atoms with Crippen LogP contribution in [-0.4, -0.2) is 97.2 Å². The maximum absolute atomic E-state index is 6.73. The molecule has 2 fully saturated rings. The zero-order chi connectivity index (χ0) is 30.6. The lowest BCUT2D eigenvalue weighted by atomic mass is 10.0. The zero-order valence-corrected chi connectivity index (χ0v) is 31.3. The third kappa shape index (κ3) is 14.3. The first-order valence-corrected chi connectivity index (χ1v) is 19.2. The molecule has 2 rings (SSSR count). The van der Waals surface area contributed by atoms with Gasteiger partial charge in [-0.3, -0.25) is 0 Å². The summed E-state index contributed by atoms with van der Waals surface area (Å²) < 4.78 is 51.3. The van der Waals surface area contributed by atoms with Gasteiger partial charge in [-0.15, -0.1) is 0 Å². The van der Waals surface area contributed by atoms with Gasteiger partial charge in [0, 0.05) is 39.5 Å². The highest BCUT2D eigenvalue weighted by atomic mass is 127. The standard InChI is InChI=1S/C32H60I2O8/c1-6-11-16-35-22-24-21-25(37-18-13-8-3)27(33)31(40-24)42-32-28(34)30(39-20-15-10-5)29(38-19-14-9-4)26(41-32)23-36-17-12-7-2/h24-32H,6-23H2,1-5H3/t24?,25?,26?,27?,28?,29-,30?,31-,32-/m1/s1. The zero-order valence-electron chi connectivity index (χ0n) is 26.9. The molecule has 0 bridgehead atoms. The molecular weight excluding hydrogens is 766 g/mol. The molecule has 2 heterocycles. The SMILES string of the molecule is CCCCOCC1CC(OCCCC)C(I)[C@@H](O[C@H]2OC(COCCCC)[C@@H](OCCCC)C(OCCCC)C2I)O1. The van der Waals surface area contributed by atoms with Crippen molar-refractivity contribution in [2.24, 2.45) is 0 Å². The van der Waals surface area contributed by atoms with Crippen LogP contribution in [0.15, 0.2) is 0 Å². The van der Waals surface area contributed by atoms with Crippen LogP contribution in [0.5, 0.6) is 0 Å². The topological polar surface area (TPSA) is 73.8 Å². The minimum absolute atomic E-state index is 0.0239. The van der Waals surface area contributed by atoms with E-state index in [0.717, 1.165) is 83.8 Å². The van der Waals surface area contributed by atoms with Crippen molar-refractivity contribution in [1.82, 2.24) is 0 Å². The Labute approximate surface area is 283 Å². The summed E-state index contributed by atoms with van der Waals surface area (Å²) in [6.07, 6.45) is 9.63. The Bertz CT molecular complexity index is 648. The highest BCUT2D eigenvalue weighted by molar-refractivity contribution is 14.1. The summed E-state index contributed by atoms with van der Waals surface area (Å²) >= 11 is 4.87. The molecule has 10 heteroatoms. The van der Waals surface area contributed by atoms with E-state index in [0.29, 0.717) is 33.0 Å². The lowest BCUT2D eigenvalue weighted by molar-refractivity contribution is -0.324. The van der Waals surface area contributed by atoms with E-state index in [1.165, 1.54) is 0 Å². The van der Waals surface area contributed by atoms with E-state index in [-0.39, 0.29) is 38.4 Å². The van der Waals surface area contributed by atoms with Gasteiger partial charge in [0.15, 0.2) is 12.6 Å². The van der Waals surface area contributed by atoms with Crippen molar-refractivity contribution in [1.29, 1.82) is 0 Å². The van der Waals surface area contributed by atoms with Gasteiger partial charge in [-0.25, -0.2) is 0 Å². The maximum atomic E-state index is 6.73. The van der Waals surface area contributed by atoms with Crippen molar-refractivity contribution < 1.29 is 37.9 Å². The molecule has 2 aliphatic heterocycles. The van der Waals surface area contributed by atoms with Gasteiger partial charge >= 0.3 is 0 Å². The normalized spacial score (nSPS) is 31.9. The predicted molar refractivity (Wildman–Crippen MR) is 184 cm³/mol. The molecule has 250 valence electrons. The summed E-state index contributed by atoms with van der Waals surface area (Å²) in [4.78, 5) is 0. The van der Waals surface area contributed by atoms with Crippen LogP contribution in [0.3, 0.4) is 0 Å². The predicted octanol–water partition coefficient (Wildman–Crippen LogP) is 7.64. The van der Waals surface area contributed by atoms with Crippen LogP contribution < -0.4 is 0 Å². The average Bonchev–Trinajstić information content (AvgIpc) is 2.98. The van der Waals surface area contributed by atoms with E-state index in [2.05, 4.69) is 79.8 Å². The Morgan fingerprint density at radius 3 is 1.67 bits per heavy atom. The number of hydrogen-bond donors (Lipinski definition) is 0. The van der Waals surface area contributed by atoms with Gasteiger partial charge in [0.2, 0.25) is 0 Å². The molecule has 2 saturated heterocycles. The molecule has 0 aromatic rings. The molecule has 2 aliphatic rings. The average molecular weight is 827 g/mol. The van der Waals surface area contributed by atoms with E-state index in [9.17, 15) is 0 Å². The molecule has 0 aromatic carbocycles. The molecule has 0 spiro atoms. The van der Waals surface area contributed by atoms with Gasteiger partial charge in [-0.2, -0.15) is 0 Å². The fourth-order valence-electron chi connectivity index (χ4n) is 4.91. The highest BCUT2D eigenvalue weighted by Gasteiger charge is 2.49. The van der Waals surface area contributed by atoms with E-state index < -0.39 is 12.6 Å². The first kappa shape index (κ1) is 39.3. The Kier molecular flexibility index (Phi) is 22.8. The first-order valence-electron chi connectivity index (χ1n) is 16.7. The van der Waals surface area contributed by atoms with Crippen molar-refractivity contribution in [3.8, 4) is 0 Å². The van der Waals surface area contributed by atoms with Crippen molar-refractivity contribution in [2.45, 2.75) is 156 Å². The Morgan fingerprint density at radius 1 is 0.571 bits per heavy atom. The quantitative estimate of drug-likeness (QED) is 0.0559.